The van der Waals surface area contributed by atoms with Gasteiger partial charge >= 0.3 is 0 Å². The Kier molecular flexibility index (Phi) is 3.95. The summed E-state index contributed by atoms with van der Waals surface area (Å²) in [6.07, 6.45) is 2.21. The number of rotatable bonds is 4. The van der Waals surface area contributed by atoms with Gasteiger partial charge < -0.3 is 15.4 Å². The zero-order valence-electron chi connectivity index (χ0n) is 11.9. The summed E-state index contributed by atoms with van der Waals surface area (Å²) >= 11 is 0. The van der Waals surface area contributed by atoms with Crippen LogP contribution in [0, 0.1) is 5.82 Å². The molecule has 0 aromatic heterocycles. The van der Waals surface area contributed by atoms with E-state index in [-0.39, 0.29) is 5.82 Å². The number of nitrogens with zero attached hydrogens (tertiary/aromatic N) is 1. The summed E-state index contributed by atoms with van der Waals surface area (Å²) in [6, 6.07) is 12.5. The maximum absolute atomic E-state index is 13.5. The lowest BCUT2D eigenvalue weighted by Gasteiger charge is -2.31. The molecule has 3 nitrogen and oxygen atoms in total. The highest BCUT2D eigenvalue weighted by Gasteiger charge is 2.16. The van der Waals surface area contributed by atoms with E-state index in [2.05, 4.69) is 11.0 Å². The molecule has 1 aliphatic heterocycles. The third kappa shape index (κ3) is 3.10. The quantitative estimate of drug-likeness (QED) is 0.877. The Labute approximate surface area is 124 Å². The fourth-order valence-corrected chi connectivity index (χ4v) is 2.73. The van der Waals surface area contributed by atoms with Crippen molar-refractivity contribution in [2.45, 2.75) is 12.8 Å². The van der Waals surface area contributed by atoms with Gasteiger partial charge in [-0.15, -0.1) is 0 Å². The van der Waals surface area contributed by atoms with Crippen molar-refractivity contribution in [3.63, 3.8) is 0 Å². The van der Waals surface area contributed by atoms with Crippen LogP contribution >= 0.6 is 0 Å². The molecule has 4 heteroatoms. The van der Waals surface area contributed by atoms with Gasteiger partial charge in [0.1, 0.15) is 6.61 Å². The third-order valence-corrected chi connectivity index (χ3v) is 3.78. The van der Waals surface area contributed by atoms with Gasteiger partial charge in [0.2, 0.25) is 0 Å². The summed E-state index contributed by atoms with van der Waals surface area (Å²) in [5.41, 5.74) is 9.15. The zero-order chi connectivity index (χ0) is 14.7. The standard InChI is InChI=1S/C17H19FN2O/c18-15-5-1-2-6-17(15)21-11-10-20-9-3-4-13-7-8-14(19)12-16(13)20/h1-2,5-8,12H,3-4,9-11,19H2. The Bertz CT molecular complexity index is 630. The minimum absolute atomic E-state index is 0.308. The van der Waals surface area contributed by atoms with E-state index in [4.69, 9.17) is 10.5 Å². The molecule has 0 radical (unpaired) electrons. The molecule has 2 aromatic rings. The van der Waals surface area contributed by atoms with Gasteiger partial charge in [0.15, 0.2) is 11.6 Å². The van der Waals surface area contributed by atoms with Crippen LogP contribution < -0.4 is 15.4 Å². The summed E-state index contributed by atoms with van der Waals surface area (Å²) in [5, 5.41) is 0. The van der Waals surface area contributed by atoms with Crippen LogP contribution in [0.4, 0.5) is 15.8 Å². The highest BCUT2D eigenvalue weighted by atomic mass is 19.1. The van der Waals surface area contributed by atoms with Crippen molar-refractivity contribution in [2.75, 3.05) is 30.3 Å². The molecule has 0 aliphatic carbocycles. The van der Waals surface area contributed by atoms with Crippen LogP contribution in [0.25, 0.3) is 0 Å². The Hall–Kier alpha value is -2.23. The fourth-order valence-electron chi connectivity index (χ4n) is 2.73. The topological polar surface area (TPSA) is 38.5 Å². The van der Waals surface area contributed by atoms with E-state index in [1.165, 1.54) is 17.3 Å². The number of hydrogen-bond donors (Lipinski definition) is 1. The number of nitrogens with two attached hydrogens (primary N) is 1. The van der Waals surface area contributed by atoms with Crippen molar-refractivity contribution >= 4 is 11.4 Å². The van der Waals surface area contributed by atoms with E-state index in [1.807, 2.05) is 12.1 Å². The first-order chi connectivity index (χ1) is 10.2. The molecule has 110 valence electrons. The molecule has 0 atom stereocenters. The number of hydrogen-bond acceptors (Lipinski definition) is 3. The number of fused-ring (bicyclic) bond motifs is 1. The van der Waals surface area contributed by atoms with E-state index in [0.717, 1.165) is 31.6 Å². The molecule has 0 saturated heterocycles. The van der Waals surface area contributed by atoms with Gasteiger partial charge in [0.05, 0.1) is 6.54 Å². The fraction of sp³-hybridized carbons (Fsp3) is 0.294. The number of nitrogen functional groups attached to an aromatic ring is 1. The first kappa shape index (κ1) is 13.7. The first-order valence-corrected chi connectivity index (χ1v) is 7.25. The van der Waals surface area contributed by atoms with Gasteiger partial charge in [0.25, 0.3) is 0 Å². The largest absolute Gasteiger partial charge is 0.489 e. The molecular formula is C17H19FN2O. The molecule has 0 amide bonds. The minimum Gasteiger partial charge on any atom is -0.489 e. The molecule has 1 aliphatic rings. The van der Waals surface area contributed by atoms with Crippen molar-refractivity contribution in [2.24, 2.45) is 0 Å². The van der Waals surface area contributed by atoms with Crippen molar-refractivity contribution in [3.05, 3.63) is 53.8 Å². The lowest BCUT2D eigenvalue weighted by Crippen LogP contribution is -2.33. The van der Waals surface area contributed by atoms with Crippen molar-refractivity contribution < 1.29 is 9.13 Å². The zero-order valence-corrected chi connectivity index (χ0v) is 11.9. The predicted octanol–water partition coefficient (Wildman–Crippen LogP) is 3.24. The number of anilines is 2. The van der Waals surface area contributed by atoms with Crippen LogP contribution in [0.2, 0.25) is 0 Å². The molecule has 0 fully saturated rings. The number of ether oxygens (including phenoxy) is 1. The second-order valence-electron chi connectivity index (χ2n) is 5.26. The van der Waals surface area contributed by atoms with Crippen LogP contribution in [-0.4, -0.2) is 19.7 Å². The third-order valence-electron chi connectivity index (χ3n) is 3.78. The normalized spacial score (nSPS) is 13.9. The number of aryl methyl sites for hydroxylation is 1. The van der Waals surface area contributed by atoms with Crippen molar-refractivity contribution in [3.8, 4) is 5.75 Å². The van der Waals surface area contributed by atoms with Crippen molar-refractivity contribution in [1.29, 1.82) is 0 Å². The highest BCUT2D eigenvalue weighted by molar-refractivity contribution is 5.62. The maximum atomic E-state index is 13.5. The Morgan fingerprint density at radius 2 is 2.05 bits per heavy atom. The molecule has 2 aromatic carbocycles. The second kappa shape index (κ2) is 6.04. The second-order valence-corrected chi connectivity index (χ2v) is 5.26. The van der Waals surface area contributed by atoms with Gasteiger partial charge in [-0.2, -0.15) is 0 Å². The molecule has 21 heavy (non-hydrogen) atoms. The summed E-state index contributed by atoms with van der Waals surface area (Å²) in [7, 11) is 0. The summed E-state index contributed by atoms with van der Waals surface area (Å²) in [6.45, 7) is 2.16. The number of para-hydroxylation sites is 1. The number of benzene rings is 2. The van der Waals surface area contributed by atoms with Crippen LogP contribution in [0.15, 0.2) is 42.5 Å². The van der Waals surface area contributed by atoms with E-state index in [9.17, 15) is 4.39 Å². The van der Waals surface area contributed by atoms with E-state index >= 15 is 0 Å². The summed E-state index contributed by atoms with van der Waals surface area (Å²) < 4.78 is 19.0. The number of halogens is 1. The van der Waals surface area contributed by atoms with Crippen molar-refractivity contribution in [1.82, 2.24) is 0 Å². The lowest BCUT2D eigenvalue weighted by molar-refractivity contribution is 0.306. The summed E-state index contributed by atoms with van der Waals surface area (Å²) in [5.74, 6) is -0.0110. The van der Waals surface area contributed by atoms with E-state index < -0.39 is 0 Å². The molecule has 0 spiro atoms. The predicted molar refractivity (Wildman–Crippen MR) is 83.3 cm³/mol. The van der Waals surface area contributed by atoms with E-state index in [1.54, 1.807) is 18.2 Å². The van der Waals surface area contributed by atoms with Gasteiger partial charge in [0, 0.05) is 17.9 Å². The minimum atomic E-state index is -0.319. The monoisotopic (exact) mass is 286 g/mol. The first-order valence-electron chi connectivity index (χ1n) is 7.25. The molecule has 0 unspecified atom stereocenters. The Morgan fingerprint density at radius 1 is 1.19 bits per heavy atom. The molecular weight excluding hydrogens is 267 g/mol. The van der Waals surface area contributed by atoms with Gasteiger partial charge in [-0.1, -0.05) is 18.2 Å². The SMILES string of the molecule is Nc1ccc2c(c1)N(CCOc1ccccc1F)CCC2. The van der Waals surface area contributed by atoms with Crippen LogP contribution in [0.1, 0.15) is 12.0 Å². The average Bonchev–Trinajstić information content (AvgIpc) is 2.49. The summed E-state index contributed by atoms with van der Waals surface area (Å²) in [4.78, 5) is 2.26. The van der Waals surface area contributed by atoms with Gasteiger partial charge in [-0.25, -0.2) is 4.39 Å². The Morgan fingerprint density at radius 3 is 2.90 bits per heavy atom. The Balaban J connectivity index is 1.65. The van der Waals surface area contributed by atoms with Gasteiger partial charge in [-0.3, -0.25) is 0 Å². The molecule has 0 bridgehead atoms. The molecule has 3 rings (SSSR count). The maximum Gasteiger partial charge on any atom is 0.165 e. The lowest BCUT2D eigenvalue weighted by atomic mass is 10.0. The van der Waals surface area contributed by atoms with E-state index in [0.29, 0.717) is 12.4 Å². The smallest absolute Gasteiger partial charge is 0.165 e. The molecule has 0 saturated carbocycles. The highest BCUT2D eigenvalue weighted by Crippen LogP contribution is 2.28. The molecule has 1 heterocycles. The van der Waals surface area contributed by atoms with Crippen LogP contribution in [0.3, 0.4) is 0 Å². The van der Waals surface area contributed by atoms with Gasteiger partial charge in [-0.05, 0) is 42.7 Å². The molecule has 2 N–H and O–H groups in total. The van der Waals surface area contributed by atoms with Crippen LogP contribution in [-0.2, 0) is 6.42 Å². The average molecular weight is 286 g/mol. The van der Waals surface area contributed by atoms with Crippen LogP contribution in [0.5, 0.6) is 5.75 Å².